The van der Waals surface area contributed by atoms with Gasteiger partial charge in [-0.3, -0.25) is 4.79 Å². The molecule has 0 saturated heterocycles. The van der Waals surface area contributed by atoms with Crippen molar-refractivity contribution in [3.05, 3.63) is 113 Å². The van der Waals surface area contributed by atoms with Crippen molar-refractivity contribution in [2.24, 2.45) is 5.92 Å². The number of amides is 1. The van der Waals surface area contributed by atoms with Gasteiger partial charge in [0.25, 0.3) is 5.91 Å². The van der Waals surface area contributed by atoms with Crippen LogP contribution in [0.3, 0.4) is 0 Å². The highest BCUT2D eigenvalue weighted by Crippen LogP contribution is 2.37. The number of hydrogen-bond donors (Lipinski definition) is 2. The first-order chi connectivity index (χ1) is 18.5. The van der Waals surface area contributed by atoms with Gasteiger partial charge in [0, 0.05) is 6.07 Å². The summed E-state index contributed by atoms with van der Waals surface area (Å²) in [7, 11) is 0. The summed E-state index contributed by atoms with van der Waals surface area (Å²) < 4.78 is 46.8. The topological polar surface area (TPSA) is 76.4 Å². The van der Waals surface area contributed by atoms with E-state index in [9.17, 15) is 23.1 Å². The number of carbonyl (C=O) groups excluding carboxylic acids is 1. The van der Waals surface area contributed by atoms with Crippen molar-refractivity contribution in [3.63, 3.8) is 0 Å². The Kier molecular flexibility index (Phi) is 8.32. The molecule has 2 N–H and O–H groups in total. The van der Waals surface area contributed by atoms with Crippen LogP contribution in [0.15, 0.2) is 91.0 Å². The van der Waals surface area contributed by atoms with Crippen molar-refractivity contribution in [1.29, 1.82) is 0 Å². The molecule has 1 aromatic heterocycles. The molecule has 1 atom stereocenters. The molecule has 4 rings (SSSR count). The predicted octanol–water partition coefficient (Wildman–Crippen LogP) is 6.00. The Bertz CT molecular complexity index is 1370. The second-order valence-electron chi connectivity index (χ2n) is 9.31. The molecule has 0 aliphatic rings. The zero-order valence-corrected chi connectivity index (χ0v) is 21.9. The average molecular weight is 558 g/mol. The standard InChI is InChI=1S/C29H27ClF3N3O3/c1-19(2)27(28(38,20-11-5-3-6-12-20)21-13-7-4-8-14-21)34-25(37)18-39-26-17-24(29(31,32)33)35-36(26)23-16-10-9-15-22(23)30/h3-17,19,27,38H,18H2,1-2H3,(H,34,37)/t27-/m0/s1. The van der Waals surface area contributed by atoms with E-state index in [0.29, 0.717) is 17.2 Å². The molecule has 3 aromatic carbocycles. The zero-order valence-electron chi connectivity index (χ0n) is 21.2. The normalized spacial score (nSPS) is 12.8. The van der Waals surface area contributed by atoms with Gasteiger partial charge in [0.15, 0.2) is 12.3 Å². The highest BCUT2D eigenvalue weighted by atomic mass is 35.5. The molecule has 1 heterocycles. The second-order valence-corrected chi connectivity index (χ2v) is 9.71. The summed E-state index contributed by atoms with van der Waals surface area (Å²) in [5.74, 6) is -1.20. The maximum Gasteiger partial charge on any atom is 0.435 e. The minimum Gasteiger partial charge on any atom is -0.467 e. The Morgan fingerprint density at radius 3 is 2.03 bits per heavy atom. The first-order valence-corrected chi connectivity index (χ1v) is 12.6. The fourth-order valence-corrected chi connectivity index (χ4v) is 4.64. The summed E-state index contributed by atoms with van der Waals surface area (Å²) in [5.41, 5.74) is -1.49. The van der Waals surface area contributed by atoms with Crippen LogP contribution in [0.4, 0.5) is 13.2 Å². The molecule has 0 bridgehead atoms. The quantitative estimate of drug-likeness (QED) is 0.265. The molecule has 204 valence electrons. The van der Waals surface area contributed by atoms with Gasteiger partial charge in [-0.1, -0.05) is 98.2 Å². The Morgan fingerprint density at radius 1 is 0.974 bits per heavy atom. The molecule has 0 fully saturated rings. The van der Waals surface area contributed by atoms with E-state index in [1.54, 1.807) is 60.7 Å². The van der Waals surface area contributed by atoms with Gasteiger partial charge < -0.3 is 15.2 Å². The molecule has 39 heavy (non-hydrogen) atoms. The monoisotopic (exact) mass is 557 g/mol. The molecule has 0 unspecified atom stereocenters. The number of halogens is 4. The van der Waals surface area contributed by atoms with Gasteiger partial charge in [-0.05, 0) is 29.2 Å². The third kappa shape index (κ3) is 6.10. The molecule has 0 radical (unpaired) electrons. The lowest BCUT2D eigenvalue weighted by molar-refractivity contribution is -0.141. The number of aliphatic hydroxyl groups is 1. The van der Waals surface area contributed by atoms with Gasteiger partial charge in [-0.2, -0.15) is 23.0 Å². The first-order valence-electron chi connectivity index (χ1n) is 12.2. The number of para-hydroxylation sites is 1. The maximum absolute atomic E-state index is 13.4. The van der Waals surface area contributed by atoms with E-state index in [2.05, 4.69) is 10.4 Å². The third-order valence-electron chi connectivity index (χ3n) is 6.26. The maximum atomic E-state index is 13.4. The van der Waals surface area contributed by atoms with Gasteiger partial charge in [-0.25, -0.2) is 0 Å². The highest BCUT2D eigenvalue weighted by molar-refractivity contribution is 6.32. The summed E-state index contributed by atoms with van der Waals surface area (Å²) in [6.07, 6.45) is -4.74. The van der Waals surface area contributed by atoms with Crippen molar-refractivity contribution >= 4 is 17.5 Å². The zero-order chi connectivity index (χ0) is 28.2. The molecule has 0 aliphatic carbocycles. The lowest BCUT2D eigenvalue weighted by atomic mass is 9.76. The van der Waals surface area contributed by atoms with E-state index < -0.39 is 36.0 Å². The van der Waals surface area contributed by atoms with Crippen LogP contribution in [0.5, 0.6) is 5.88 Å². The number of aromatic nitrogens is 2. The van der Waals surface area contributed by atoms with Gasteiger partial charge >= 0.3 is 6.18 Å². The van der Waals surface area contributed by atoms with Crippen molar-refractivity contribution < 1.29 is 27.8 Å². The van der Waals surface area contributed by atoms with Crippen LogP contribution < -0.4 is 10.1 Å². The number of benzene rings is 3. The summed E-state index contributed by atoms with van der Waals surface area (Å²) in [4.78, 5) is 13.1. The van der Waals surface area contributed by atoms with Crippen molar-refractivity contribution in [2.45, 2.75) is 31.7 Å². The van der Waals surface area contributed by atoms with Gasteiger partial charge in [0.2, 0.25) is 5.88 Å². The van der Waals surface area contributed by atoms with Crippen molar-refractivity contribution in [1.82, 2.24) is 15.1 Å². The van der Waals surface area contributed by atoms with Gasteiger partial charge in [0.1, 0.15) is 5.60 Å². The highest BCUT2D eigenvalue weighted by Gasteiger charge is 2.43. The number of nitrogens with zero attached hydrogens (tertiary/aromatic N) is 2. The fourth-order valence-electron chi connectivity index (χ4n) is 4.42. The van der Waals surface area contributed by atoms with Gasteiger partial charge in [-0.15, -0.1) is 0 Å². The Labute approximate surface area is 229 Å². The molecule has 6 nitrogen and oxygen atoms in total. The Hall–Kier alpha value is -3.82. The molecule has 0 saturated carbocycles. The van der Waals surface area contributed by atoms with E-state index in [1.165, 1.54) is 12.1 Å². The van der Waals surface area contributed by atoms with Crippen LogP contribution in [-0.2, 0) is 16.6 Å². The molecule has 0 spiro atoms. The number of nitrogens with one attached hydrogen (secondary N) is 1. The minimum atomic E-state index is -4.74. The van der Waals surface area contributed by atoms with Crippen LogP contribution in [0, 0.1) is 5.92 Å². The van der Waals surface area contributed by atoms with E-state index in [0.717, 1.165) is 4.68 Å². The van der Waals surface area contributed by atoms with Crippen LogP contribution in [-0.4, -0.2) is 33.4 Å². The molecule has 10 heteroatoms. The molecule has 4 aromatic rings. The van der Waals surface area contributed by atoms with Crippen molar-refractivity contribution in [2.75, 3.05) is 6.61 Å². The molecular formula is C29H27ClF3N3O3. The molecular weight excluding hydrogens is 531 g/mol. The van der Waals surface area contributed by atoms with E-state index >= 15 is 0 Å². The summed E-state index contributed by atoms with van der Waals surface area (Å²) in [6.45, 7) is 3.08. The number of ether oxygens (including phenoxy) is 1. The molecule has 1 amide bonds. The smallest absolute Gasteiger partial charge is 0.435 e. The Morgan fingerprint density at radius 2 is 1.51 bits per heavy atom. The van der Waals surface area contributed by atoms with Crippen LogP contribution in [0.2, 0.25) is 5.02 Å². The van der Waals surface area contributed by atoms with Crippen LogP contribution >= 0.6 is 11.6 Å². The van der Waals surface area contributed by atoms with E-state index in [-0.39, 0.29) is 22.5 Å². The predicted molar refractivity (Wildman–Crippen MR) is 142 cm³/mol. The summed E-state index contributed by atoms with van der Waals surface area (Å²) in [5, 5.41) is 18.7. The van der Waals surface area contributed by atoms with E-state index in [4.69, 9.17) is 16.3 Å². The average Bonchev–Trinajstić information content (AvgIpc) is 3.36. The molecule has 0 aliphatic heterocycles. The summed E-state index contributed by atoms with van der Waals surface area (Å²) in [6, 6.07) is 24.0. The van der Waals surface area contributed by atoms with Crippen molar-refractivity contribution in [3.8, 4) is 11.6 Å². The van der Waals surface area contributed by atoms with Gasteiger partial charge in [0.05, 0.1) is 16.8 Å². The largest absolute Gasteiger partial charge is 0.467 e. The number of carbonyl (C=O) groups is 1. The fraction of sp³-hybridized carbons (Fsp3) is 0.241. The SMILES string of the molecule is CC(C)[C@H](NC(=O)COc1cc(C(F)(F)F)nn1-c1ccccc1Cl)C(O)(c1ccccc1)c1ccccc1. The van der Waals surface area contributed by atoms with Crippen LogP contribution in [0.1, 0.15) is 30.7 Å². The number of rotatable bonds is 9. The lowest BCUT2D eigenvalue weighted by Gasteiger charge is -2.40. The number of hydrogen-bond acceptors (Lipinski definition) is 4. The minimum absolute atomic E-state index is 0.152. The first kappa shape index (κ1) is 28.2. The second kappa shape index (κ2) is 11.5. The lowest BCUT2D eigenvalue weighted by Crippen LogP contribution is -2.55. The number of alkyl halides is 3. The summed E-state index contributed by atoms with van der Waals surface area (Å²) >= 11 is 6.18. The third-order valence-corrected chi connectivity index (χ3v) is 6.58. The van der Waals surface area contributed by atoms with E-state index in [1.807, 2.05) is 26.0 Å². The van der Waals surface area contributed by atoms with Crippen LogP contribution in [0.25, 0.3) is 5.69 Å². The Balaban J connectivity index is 1.62.